The van der Waals surface area contributed by atoms with Crippen LogP contribution in [0.5, 0.6) is 0 Å². The second-order valence-corrected chi connectivity index (χ2v) is 7.86. The lowest BCUT2D eigenvalue weighted by atomic mass is 9.95. The van der Waals surface area contributed by atoms with Gasteiger partial charge in [-0.15, -0.1) is 0 Å². The van der Waals surface area contributed by atoms with Crippen molar-refractivity contribution in [3.63, 3.8) is 0 Å². The van der Waals surface area contributed by atoms with E-state index in [1.165, 1.54) is 0 Å². The second-order valence-electron chi connectivity index (χ2n) is 5.36. The third-order valence-electron chi connectivity index (χ3n) is 4.03. The van der Waals surface area contributed by atoms with Crippen molar-refractivity contribution in [3.8, 4) is 0 Å². The molecule has 3 unspecified atom stereocenters. The number of hydrogen-bond donors (Lipinski definition) is 2. The summed E-state index contributed by atoms with van der Waals surface area (Å²) in [4.78, 5) is 12.1. The van der Waals surface area contributed by atoms with E-state index >= 15 is 0 Å². The summed E-state index contributed by atoms with van der Waals surface area (Å²) in [6.07, 6.45) is 3.28. The molecular formula is C12H16ClN3O4S. The van der Waals surface area contributed by atoms with E-state index in [2.05, 4.69) is 15.5 Å². The summed E-state index contributed by atoms with van der Waals surface area (Å²) in [5.41, 5.74) is 0.156. The summed E-state index contributed by atoms with van der Waals surface area (Å²) in [6.45, 7) is 1.75. The van der Waals surface area contributed by atoms with Gasteiger partial charge in [0.15, 0.2) is 5.69 Å². The largest absolute Gasteiger partial charge is 0.373 e. The highest BCUT2D eigenvalue weighted by Gasteiger charge is 2.42. The van der Waals surface area contributed by atoms with Crippen molar-refractivity contribution in [2.45, 2.75) is 55.8 Å². The van der Waals surface area contributed by atoms with Crippen LogP contribution in [0.4, 0.5) is 0 Å². The Morgan fingerprint density at radius 1 is 1.52 bits per heavy atom. The van der Waals surface area contributed by atoms with Gasteiger partial charge in [0.1, 0.15) is 4.90 Å². The number of rotatable bonds is 4. The number of nitrogens with one attached hydrogen (secondary N) is 2. The summed E-state index contributed by atoms with van der Waals surface area (Å²) in [7, 11) is 1.38. The minimum Gasteiger partial charge on any atom is -0.373 e. The second kappa shape index (κ2) is 5.26. The number of nitrogens with zero attached hydrogens (tertiary/aromatic N) is 1. The first-order chi connectivity index (χ1) is 9.90. The van der Waals surface area contributed by atoms with Gasteiger partial charge in [0.05, 0.1) is 23.9 Å². The van der Waals surface area contributed by atoms with Crippen molar-refractivity contribution < 1.29 is 17.9 Å². The molecule has 3 rings (SSSR count). The van der Waals surface area contributed by atoms with Gasteiger partial charge in [-0.1, -0.05) is 6.92 Å². The molecule has 1 aromatic rings. The molecular weight excluding hydrogens is 318 g/mol. The summed E-state index contributed by atoms with van der Waals surface area (Å²) < 4.78 is 29.0. The number of fused-ring (bicyclic) bond motifs is 2. The Hall–Kier alpha value is -1.12. The van der Waals surface area contributed by atoms with Gasteiger partial charge < -0.3 is 10.1 Å². The Labute approximate surface area is 126 Å². The number of amides is 1. The topological polar surface area (TPSA) is 101 Å². The van der Waals surface area contributed by atoms with E-state index in [-0.39, 0.29) is 28.8 Å². The summed E-state index contributed by atoms with van der Waals surface area (Å²) >= 11 is 0. The molecule has 2 fully saturated rings. The first-order valence-corrected chi connectivity index (χ1v) is 9.19. The van der Waals surface area contributed by atoms with Gasteiger partial charge in [0.25, 0.3) is 15.0 Å². The molecule has 1 aromatic heterocycles. The molecule has 2 aliphatic rings. The van der Waals surface area contributed by atoms with E-state index in [1.807, 2.05) is 0 Å². The van der Waals surface area contributed by atoms with Gasteiger partial charge >= 0.3 is 0 Å². The van der Waals surface area contributed by atoms with Crippen LogP contribution in [0, 0.1) is 0 Å². The average Bonchev–Trinajstić information content (AvgIpc) is 3.11. The lowest BCUT2D eigenvalue weighted by Gasteiger charge is -2.19. The third-order valence-corrected chi connectivity index (χ3v) is 5.42. The maximum atomic E-state index is 12.3. The number of carbonyl (C=O) groups excluding carboxylic acids is 1. The summed E-state index contributed by atoms with van der Waals surface area (Å²) in [5.74, 6) is -0.536. The molecule has 3 atom stereocenters. The van der Waals surface area contributed by atoms with Gasteiger partial charge in [-0.3, -0.25) is 9.89 Å². The number of halogens is 1. The normalized spacial score (nSPS) is 28.0. The van der Waals surface area contributed by atoms with Crippen LogP contribution in [-0.2, 0) is 20.2 Å². The molecule has 2 aliphatic heterocycles. The fraction of sp³-hybridized carbons (Fsp3) is 0.667. The van der Waals surface area contributed by atoms with Crippen molar-refractivity contribution in [3.05, 3.63) is 11.4 Å². The molecule has 1 amide bonds. The van der Waals surface area contributed by atoms with Gasteiger partial charge in [-0.25, -0.2) is 8.42 Å². The van der Waals surface area contributed by atoms with Gasteiger partial charge in [0, 0.05) is 10.7 Å². The fourth-order valence-corrected chi connectivity index (χ4v) is 4.40. The Kier molecular flexibility index (Phi) is 3.71. The van der Waals surface area contributed by atoms with E-state index in [1.54, 1.807) is 6.92 Å². The lowest BCUT2D eigenvalue weighted by molar-refractivity contribution is 0.0835. The lowest BCUT2D eigenvalue weighted by Crippen LogP contribution is -2.41. The molecule has 0 saturated carbocycles. The molecule has 7 nitrogen and oxygen atoms in total. The van der Waals surface area contributed by atoms with Gasteiger partial charge in [0.2, 0.25) is 0 Å². The maximum Gasteiger partial charge on any atom is 0.273 e. The first kappa shape index (κ1) is 14.8. The van der Waals surface area contributed by atoms with Crippen LogP contribution < -0.4 is 5.32 Å². The van der Waals surface area contributed by atoms with Crippen LogP contribution in [0.2, 0.25) is 0 Å². The van der Waals surface area contributed by atoms with Gasteiger partial charge in [-0.05, 0) is 25.7 Å². The molecule has 0 radical (unpaired) electrons. The summed E-state index contributed by atoms with van der Waals surface area (Å²) in [6, 6.07) is -0.0936. The zero-order valence-corrected chi connectivity index (χ0v) is 13.0. The van der Waals surface area contributed by atoms with Crippen molar-refractivity contribution in [2.75, 3.05) is 0 Å². The SMILES string of the molecule is CCc1[nH]nc(C(=O)NC2CC3CCC2O3)c1S(=O)(=O)Cl. The Balaban J connectivity index is 1.83. The Morgan fingerprint density at radius 3 is 2.81 bits per heavy atom. The molecule has 2 saturated heterocycles. The number of aromatic amines is 1. The predicted molar refractivity (Wildman–Crippen MR) is 74.8 cm³/mol. The highest BCUT2D eigenvalue weighted by molar-refractivity contribution is 8.13. The number of aryl methyl sites for hydroxylation is 1. The Bertz CT molecular complexity index is 672. The number of aromatic nitrogens is 2. The minimum absolute atomic E-state index is 0.0135. The van der Waals surface area contributed by atoms with Crippen LogP contribution in [0.3, 0.4) is 0 Å². The van der Waals surface area contributed by atoms with E-state index in [4.69, 9.17) is 15.4 Å². The standard InChI is InChI=1S/C12H16ClN3O4S/c1-2-7-11(21(13,18)19)10(16-15-7)12(17)14-8-5-6-3-4-9(8)20-6/h6,8-9H,2-5H2,1H3,(H,14,17)(H,15,16). The third kappa shape index (κ3) is 2.67. The number of ether oxygens (including phenoxy) is 1. The Morgan fingerprint density at radius 2 is 2.29 bits per heavy atom. The predicted octanol–water partition coefficient (Wildman–Crippen LogP) is 0.949. The number of carbonyl (C=O) groups is 1. The first-order valence-electron chi connectivity index (χ1n) is 6.88. The smallest absolute Gasteiger partial charge is 0.273 e. The summed E-state index contributed by atoms with van der Waals surface area (Å²) in [5, 5.41) is 9.19. The van der Waals surface area contributed by atoms with Crippen LogP contribution in [0.25, 0.3) is 0 Å². The molecule has 116 valence electrons. The van der Waals surface area contributed by atoms with Crippen molar-refractivity contribution in [1.82, 2.24) is 15.5 Å². The maximum absolute atomic E-state index is 12.3. The highest BCUT2D eigenvalue weighted by atomic mass is 35.7. The average molecular weight is 334 g/mol. The van der Waals surface area contributed by atoms with E-state index in [9.17, 15) is 13.2 Å². The molecule has 0 aliphatic carbocycles. The van der Waals surface area contributed by atoms with Crippen molar-refractivity contribution >= 4 is 25.6 Å². The molecule has 2 N–H and O–H groups in total. The number of hydrogen-bond acceptors (Lipinski definition) is 5. The molecule has 2 bridgehead atoms. The molecule has 3 heterocycles. The zero-order chi connectivity index (χ0) is 15.2. The van der Waals surface area contributed by atoms with E-state index < -0.39 is 15.0 Å². The zero-order valence-electron chi connectivity index (χ0n) is 11.4. The van der Waals surface area contributed by atoms with Crippen molar-refractivity contribution in [1.29, 1.82) is 0 Å². The minimum atomic E-state index is -4.04. The molecule has 9 heteroatoms. The van der Waals surface area contributed by atoms with Crippen LogP contribution in [0.1, 0.15) is 42.4 Å². The quantitative estimate of drug-likeness (QED) is 0.799. The fourth-order valence-electron chi connectivity index (χ4n) is 3.05. The highest BCUT2D eigenvalue weighted by Crippen LogP contribution is 2.34. The molecule has 0 spiro atoms. The monoisotopic (exact) mass is 333 g/mol. The number of H-pyrrole nitrogens is 1. The molecule has 21 heavy (non-hydrogen) atoms. The van der Waals surface area contributed by atoms with Crippen LogP contribution in [-0.4, -0.2) is 42.8 Å². The molecule has 0 aromatic carbocycles. The van der Waals surface area contributed by atoms with E-state index in [0.717, 1.165) is 19.3 Å². The van der Waals surface area contributed by atoms with E-state index in [0.29, 0.717) is 12.1 Å². The van der Waals surface area contributed by atoms with Crippen molar-refractivity contribution in [2.24, 2.45) is 0 Å². The van der Waals surface area contributed by atoms with Crippen LogP contribution in [0.15, 0.2) is 4.90 Å². The van der Waals surface area contributed by atoms with Gasteiger partial charge in [-0.2, -0.15) is 5.10 Å². The van der Waals surface area contributed by atoms with Crippen LogP contribution >= 0.6 is 10.7 Å².